The topological polar surface area (TPSA) is 49.4 Å². The highest BCUT2D eigenvalue weighted by atomic mass is 32.1. The first-order valence-corrected chi connectivity index (χ1v) is 10.8. The van der Waals surface area contributed by atoms with Gasteiger partial charge < -0.3 is 10.2 Å². The highest BCUT2D eigenvalue weighted by Gasteiger charge is 2.43. The van der Waals surface area contributed by atoms with Crippen LogP contribution in [0.5, 0.6) is 0 Å². The van der Waals surface area contributed by atoms with Crippen molar-refractivity contribution in [2.24, 2.45) is 5.41 Å². The molecule has 0 spiro atoms. The lowest BCUT2D eigenvalue weighted by Crippen LogP contribution is -2.54. The van der Waals surface area contributed by atoms with E-state index in [1.165, 1.54) is 10.4 Å². The van der Waals surface area contributed by atoms with Crippen molar-refractivity contribution in [3.05, 3.63) is 60.0 Å². The van der Waals surface area contributed by atoms with Crippen LogP contribution in [-0.4, -0.2) is 36.3 Å². The summed E-state index contributed by atoms with van der Waals surface area (Å²) in [4.78, 5) is 28.7. The molecule has 0 saturated carbocycles. The monoisotopic (exact) mass is 396 g/mol. The molecule has 1 fully saturated rings. The number of nitrogens with one attached hydrogen (secondary N) is 1. The molecule has 1 aromatic carbocycles. The molecule has 4 nitrogen and oxygen atoms in total. The number of amides is 2. The summed E-state index contributed by atoms with van der Waals surface area (Å²) in [5.41, 5.74) is 1.72. The zero-order chi connectivity index (χ0) is 20.0. The molecule has 1 N–H and O–H groups in total. The molecule has 28 heavy (non-hydrogen) atoms. The molecule has 0 radical (unpaired) electrons. The standard InChI is InChI=1S/C23H28N2O2S/c1-3-13-24-22(27)23(12-8-14-25(17-23)21(26)4-2)16-18-9-5-6-10-19(18)20-11-7-15-28-20/h3,5-7,9-11,15H,1,4,8,12-14,16-17H2,2H3,(H,24,27)/t23-/m1/s1. The molecule has 0 aliphatic carbocycles. The summed E-state index contributed by atoms with van der Waals surface area (Å²) in [5.74, 6) is 0.133. The Morgan fingerprint density at radius 3 is 2.82 bits per heavy atom. The van der Waals surface area contributed by atoms with Gasteiger partial charge in [-0.3, -0.25) is 9.59 Å². The zero-order valence-corrected chi connectivity index (χ0v) is 17.3. The van der Waals surface area contributed by atoms with Gasteiger partial charge in [-0.25, -0.2) is 0 Å². The smallest absolute Gasteiger partial charge is 0.228 e. The third kappa shape index (κ3) is 4.36. The number of hydrogen-bond donors (Lipinski definition) is 1. The van der Waals surface area contributed by atoms with Crippen LogP contribution in [0.25, 0.3) is 10.4 Å². The summed E-state index contributed by atoms with van der Waals surface area (Å²) < 4.78 is 0. The zero-order valence-electron chi connectivity index (χ0n) is 16.4. The van der Waals surface area contributed by atoms with E-state index in [9.17, 15) is 9.59 Å². The molecule has 0 unspecified atom stereocenters. The molecule has 1 saturated heterocycles. The Bertz CT molecular complexity index is 831. The summed E-state index contributed by atoms with van der Waals surface area (Å²) in [6, 6.07) is 12.5. The van der Waals surface area contributed by atoms with E-state index in [2.05, 4.69) is 35.5 Å². The van der Waals surface area contributed by atoms with Gasteiger partial charge in [0.2, 0.25) is 11.8 Å². The Kier molecular flexibility index (Phi) is 6.68. The van der Waals surface area contributed by atoms with Gasteiger partial charge in [-0.05, 0) is 41.8 Å². The van der Waals surface area contributed by atoms with Crippen molar-refractivity contribution in [3.8, 4) is 10.4 Å². The van der Waals surface area contributed by atoms with Crippen molar-refractivity contribution in [3.63, 3.8) is 0 Å². The lowest BCUT2D eigenvalue weighted by Gasteiger charge is -2.42. The molecular formula is C23H28N2O2S. The van der Waals surface area contributed by atoms with Crippen molar-refractivity contribution in [1.82, 2.24) is 10.2 Å². The number of hydrogen-bond acceptors (Lipinski definition) is 3. The molecule has 148 valence electrons. The second-order valence-corrected chi connectivity index (χ2v) is 8.31. The van der Waals surface area contributed by atoms with Crippen LogP contribution >= 0.6 is 11.3 Å². The number of rotatable bonds is 7. The van der Waals surface area contributed by atoms with Crippen molar-refractivity contribution in [1.29, 1.82) is 0 Å². The molecule has 1 aromatic heterocycles. The fourth-order valence-electron chi connectivity index (χ4n) is 4.04. The molecule has 1 aliphatic rings. The first-order valence-electron chi connectivity index (χ1n) is 9.88. The average molecular weight is 397 g/mol. The van der Waals surface area contributed by atoms with E-state index in [-0.39, 0.29) is 11.8 Å². The van der Waals surface area contributed by atoms with Gasteiger partial charge >= 0.3 is 0 Å². The fraction of sp³-hybridized carbons (Fsp3) is 0.391. The van der Waals surface area contributed by atoms with Crippen LogP contribution in [-0.2, 0) is 16.0 Å². The van der Waals surface area contributed by atoms with Gasteiger partial charge in [0.1, 0.15) is 0 Å². The molecule has 3 rings (SSSR count). The fourth-order valence-corrected chi connectivity index (χ4v) is 4.83. The number of carbonyl (C=O) groups excluding carboxylic acids is 2. The maximum absolute atomic E-state index is 13.2. The van der Waals surface area contributed by atoms with Crippen molar-refractivity contribution < 1.29 is 9.59 Å². The Balaban J connectivity index is 1.96. The van der Waals surface area contributed by atoms with E-state index >= 15 is 0 Å². The SMILES string of the molecule is C=CCNC(=O)[C@@]1(Cc2ccccc2-c2cccs2)CCCN(C(=O)CC)C1. The van der Waals surface area contributed by atoms with Gasteiger partial charge in [-0.1, -0.05) is 43.3 Å². The minimum atomic E-state index is -0.612. The van der Waals surface area contributed by atoms with Crippen LogP contribution in [0.15, 0.2) is 54.4 Å². The van der Waals surface area contributed by atoms with Gasteiger partial charge in [0.25, 0.3) is 0 Å². The lowest BCUT2D eigenvalue weighted by atomic mass is 9.73. The number of thiophene rings is 1. The summed E-state index contributed by atoms with van der Waals surface area (Å²) in [6.07, 6.45) is 4.41. The average Bonchev–Trinajstić information content (AvgIpc) is 3.26. The van der Waals surface area contributed by atoms with E-state index in [0.29, 0.717) is 25.9 Å². The van der Waals surface area contributed by atoms with Gasteiger partial charge in [0.05, 0.1) is 5.41 Å². The van der Waals surface area contributed by atoms with Crippen molar-refractivity contribution in [2.45, 2.75) is 32.6 Å². The third-order valence-electron chi connectivity index (χ3n) is 5.45. The van der Waals surface area contributed by atoms with Gasteiger partial charge in [-0.15, -0.1) is 17.9 Å². The number of carbonyl (C=O) groups is 2. The summed E-state index contributed by atoms with van der Waals surface area (Å²) in [5, 5.41) is 5.07. The van der Waals surface area contributed by atoms with E-state index in [1.54, 1.807) is 17.4 Å². The molecule has 2 aromatic rings. The largest absolute Gasteiger partial charge is 0.352 e. The number of piperidine rings is 1. The quantitative estimate of drug-likeness (QED) is 0.710. The highest BCUT2D eigenvalue weighted by molar-refractivity contribution is 7.13. The Morgan fingerprint density at radius 1 is 1.29 bits per heavy atom. The summed E-state index contributed by atoms with van der Waals surface area (Å²) in [7, 11) is 0. The predicted molar refractivity (Wildman–Crippen MR) is 115 cm³/mol. The van der Waals surface area contributed by atoms with Crippen LogP contribution in [0.2, 0.25) is 0 Å². The first kappa shape index (κ1) is 20.3. The van der Waals surface area contributed by atoms with Crippen LogP contribution in [0.3, 0.4) is 0 Å². The van der Waals surface area contributed by atoms with Crippen LogP contribution < -0.4 is 5.32 Å². The summed E-state index contributed by atoms with van der Waals surface area (Å²) in [6.45, 7) is 7.23. The molecule has 1 atom stereocenters. The minimum absolute atomic E-state index is 0.0157. The number of nitrogens with zero attached hydrogens (tertiary/aromatic N) is 1. The normalized spacial score (nSPS) is 19.2. The second kappa shape index (κ2) is 9.20. The molecule has 2 amide bonds. The van der Waals surface area contributed by atoms with Crippen LogP contribution in [0.1, 0.15) is 31.7 Å². The van der Waals surface area contributed by atoms with E-state index in [1.807, 2.05) is 30.0 Å². The van der Waals surface area contributed by atoms with Crippen LogP contribution in [0.4, 0.5) is 0 Å². The lowest BCUT2D eigenvalue weighted by molar-refractivity contribution is -0.141. The Morgan fingerprint density at radius 2 is 2.11 bits per heavy atom. The Labute approximate surface area is 171 Å². The van der Waals surface area contributed by atoms with Crippen LogP contribution in [0, 0.1) is 5.41 Å². The van der Waals surface area contributed by atoms with Crippen molar-refractivity contribution >= 4 is 23.2 Å². The van der Waals surface area contributed by atoms with Crippen molar-refractivity contribution in [2.75, 3.05) is 19.6 Å². The first-order chi connectivity index (χ1) is 13.6. The molecule has 0 bridgehead atoms. The molecule has 5 heteroatoms. The molecule has 1 aliphatic heterocycles. The predicted octanol–water partition coefficient (Wildman–Crippen LogP) is 4.28. The van der Waals surface area contributed by atoms with E-state index in [0.717, 1.165) is 24.9 Å². The molecule has 2 heterocycles. The van der Waals surface area contributed by atoms with E-state index < -0.39 is 5.41 Å². The molecular weight excluding hydrogens is 368 g/mol. The Hall–Kier alpha value is -2.40. The highest BCUT2D eigenvalue weighted by Crippen LogP contribution is 2.38. The second-order valence-electron chi connectivity index (χ2n) is 7.36. The third-order valence-corrected chi connectivity index (χ3v) is 6.36. The minimum Gasteiger partial charge on any atom is -0.352 e. The number of benzene rings is 1. The van der Waals surface area contributed by atoms with Gasteiger partial charge in [0, 0.05) is 30.9 Å². The van der Waals surface area contributed by atoms with E-state index in [4.69, 9.17) is 0 Å². The number of likely N-dealkylation sites (tertiary alicyclic amines) is 1. The summed E-state index contributed by atoms with van der Waals surface area (Å²) >= 11 is 1.70. The maximum Gasteiger partial charge on any atom is 0.228 e. The van der Waals surface area contributed by atoms with Gasteiger partial charge in [-0.2, -0.15) is 0 Å². The van der Waals surface area contributed by atoms with Gasteiger partial charge in [0.15, 0.2) is 0 Å². The maximum atomic E-state index is 13.2.